The van der Waals surface area contributed by atoms with E-state index in [1.165, 1.54) is 11.6 Å². The number of anilines is 2. The molecule has 4 atom stereocenters. The highest BCUT2D eigenvalue weighted by atomic mass is 35.5. The fourth-order valence-corrected chi connectivity index (χ4v) is 6.92. The monoisotopic (exact) mass is 637 g/mol. The molecule has 4 heterocycles. The Kier molecular flexibility index (Phi) is 7.49. The summed E-state index contributed by atoms with van der Waals surface area (Å²) in [5.74, 6) is 1.60. The molecular formula is C30H32ClN7O5S. The average molecular weight is 638 g/mol. The number of nitrogens with zero attached hydrogens (tertiary/aromatic N) is 5. The molecule has 1 aromatic carbocycles. The van der Waals surface area contributed by atoms with Crippen molar-refractivity contribution in [1.29, 1.82) is 0 Å². The number of amides is 1. The van der Waals surface area contributed by atoms with E-state index in [-0.39, 0.29) is 22.1 Å². The van der Waals surface area contributed by atoms with Gasteiger partial charge in [-0.2, -0.15) is 0 Å². The first-order valence-corrected chi connectivity index (χ1v) is 16.3. The Morgan fingerprint density at radius 2 is 1.86 bits per heavy atom. The van der Waals surface area contributed by atoms with Crippen LogP contribution in [0.15, 0.2) is 47.4 Å². The zero-order valence-electron chi connectivity index (χ0n) is 24.8. The molecule has 1 saturated heterocycles. The van der Waals surface area contributed by atoms with E-state index in [0.29, 0.717) is 40.5 Å². The SMILES string of the molecule is COc1cc(C2[C@H]3CN(c4nc5c([C@@H](C)Nc6ccc(Cl)nc6C(=O)NS(C)(=O)=O)cc(C)cc5c(=O)n4C)C[C@@H]23)ccn1. The third-order valence-electron chi connectivity index (χ3n) is 8.35. The quantitative estimate of drug-likeness (QED) is 0.275. The van der Waals surface area contributed by atoms with E-state index in [0.717, 1.165) is 30.5 Å². The van der Waals surface area contributed by atoms with E-state index in [9.17, 15) is 18.0 Å². The van der Waals surface area contributed by atoms with Crippen molar-refractivity contribution in [3.63, 3.8) is 0 Å². The second-order valence-electron chi connectivity index (χ2n) is 11.5. The van der Waals surface area contributed by atoms with Gasteiger partial charge in [0.15, 0.2) is 5.69 Å². The highest BCUT2D eigenvalue weighted by Gasteiger charge is 2.57. The molecule has 0 radical (unpaired) electrons. The van der Waals surface area contributed by atoms with E-state index >= 15 is 0 Å². The summed E-state index contributed by atoms with van der Waals surface area (Å²) in [6, 6.07) is 10.4. The molecule has 2 fully saturated rings. The first-order valence-electron chi connectivity index (χ1n) is 14.1. The second-order valence-corrected chi connectivity index (χ2v) is 13.7. The first-order chi connectivity index (χ1) is 20.8. The Morgan fingerprint density at radius 1 is 1.14 bits per heavy atom. The van der Waals surface area contributed by atoms with Crippen LogP contribution in [0.2, 0.25) is 5.15 Å². The standard InChI is InChI=1S/C30H32ClN7O5S/c1-15-10-18(16(2)33-22-6-7-23(31)34-27(22)28(39)36-44(5,41)42)26-19(11-15)29(40)37(3)30(35-26)38-13-20-21(14-38)25(20)17-8-9-32-24(12-17)43-4/h6-12,16,20-21,25,33H,13-14H2,1-5H3,(H,36,39)/t16-,20-,21+,25?/m1/s1. The fraction of sp³-hybridized carbons (Fsp3) is 0.367. The molecule has 14 heteroatoms. The van der Waals surface area contributed by atoms with E-state index in [4.69, 9.17) is 21.3 Å². The minimum atomic E-state index is -3.83. The third-order valence-corrected chi connectivity index (χ3v) is 9.12. The number of aryl methyl sites for hydroxylation is 1. The van der Waals surface area contributed by atoms with Crippen molar-refractivity contribution in [3.8, 4) is 5.88 Å². The van der Waals surface area contributed by atoms with Crippen LogP contribution in [0, 0.1) is 18.8 Å². The van der Waals surface area contributed by atoms with Crippen LogP contribution in [0.1, 0.15) is 46.1 Å². The molecule has 0 spiro atoms. The van der Waals surface area contributed by atoms with Gasteiger partial charge in [-0.15, -0.1) is 0 Å². The van der Waals surface area contributed by atoms with Gasteiger partial charge >= 0.3 is 0 Å². The molecule has 1 aliphatic heterocycles. The van der Waals surface area contributed by atoms with Crippen LogP contribution in [0.25, 0.3) is 10.9 Å². The van der Waals surface area contributed by atoms with Gasteiger partial charge in [-0.1, -0.05) is 17.7 Å². The van der Waals surface area contributed by atoms with E-state index in [1.54, 1.807) is 31.0 Å². The van der Waals surface area contributed by atoms with Crippen LogP contribution in [0.4, 0.5) is 11.6 Å². The van der Waals surface area contributed by atoms with Gasteiger partial charge in [0, 0.05) is 38.0 Å². The highest BCUT2D eigenvalue weighted by Crippen LogP contribution is 2.58. The summed E-state index contributed by atoms with van der Waals surface area (Å²) < 4.78 is 32.3. The van der Waals surface area contributed by atoms with Crippen molar-refractivity contribution in [2.45, 2.75) is 25.8 Å². The van der Waals surface area contributed by atoms with Crippen molar-refractivity contribution < 1.29 is 17.9 Å². The molecule has 1 amide bonds. The number of nitrogens with one attached hydrogen (secondary N) is 2. The van der Waals surface area contributed by atoms with Gasteiger partial charge < -0.3 is 15.0 Å². The normalized spacial score (nSPS) is 19.9. The zero-order valence-corrected chi connectivity index (χ0v) is 26.4. The maximum atomic E-state index is 13.7. The molecule has 1 aliphatic carbocycles. The van der Waals surface area contributed by atoms with E-state index in [1.807, 2.05) is 42.8 Å². The predicted molar refractivity (Wildman–Crippen MR) is 168 cm³/mol. The largest absolute Gasteiger partial charge is 0.481 e. The van der Waals surface area contributed by atoms with Crippen LogP contribution in [-0.4, -0.2) is 60.3 Å². The number of carbonyl (C=O) groups excluding carboxylic acids is 1. The highest BCUT2D eigenvalue weighted by molar-refractivity contribution is 7.89. The average Bonchev–Trinajstić information content (AvgIpc) is 3.47. The molecule has 6 rings (SSSR count). The number of carbonyl (C=O) groups is 1. The van der Waals surface area contributed by atoms with Crippen LogP contribution in [0.5, 0.6) is 5.88 Å². The maximum absolute atomic E-state index is 13.7. The summed E-state index contributed by atoms with van der Waals surface area (Å²) in [5, 5.41) is 3.77. The lowest BCUT2D eigenvalue weighted by Gasteiger charge is -2.25. The van der Waals surface area contributed by atoms with Gasteiger partial charge in [0.25, 0.3) is 11.5 Å². The number of rotatable bonds is 8. The molecular weight excluding hydrogens is 606 g/mol. The Labute approximate surface area is 259 Å². The number of methoxy groups -OCH3 is 1. The number of benzene rings is 1. The minimum Gasteiger partial charge on any atom is -0.481 e. The molecule has 2 N–H and O–H groups in total. The third kappa shape index (κ3) is 5.57. The summed E-state index contributed by atoms with van der Waals surface area (Å²) in [5.41, 5.74) is 3.33. The molecule has 2 aliphatic rings. The number of hydrogen-bond donors (Lipinski definition) is 2. The van der Waals surface area contributed by atoms with Gasteiger partial charge in [-0.05, 0) is 67.0 Å². The van der Waals surface area contributed by atoms with Gasteiger partial charge in [0.2, 0.25) is 21.9 Å². The molecule has 44 heavy (non-hydrogen) atoms. The van der Waals surface area contributed by atoms with Crippen molar-refractivity contribution in [1.82, 2.24) is 24.2 Å². The molecule has 4 aromatic rings. The lowest BCUT2D eigenvalue weighted by atomic mass is 10.0. The van der Waals surface area contributed by atoms with Crippen LogP contribution < -0.4 is 25.2 Å². The van der Waals surface area contributed by atoms with Crippen molar-refractivity contribution in [2.75, 3.05) is 36.7 Å². The van der Waals surface area contributed by atoms with E-state index < -0.39 is 22.0 Å². The summed E-state index contributed by atoms with van der Waals surface area (Å²) in [4.78, 5) is 41.9. The number of hydrogen-bond acceptors (Lipinski definition) is 10. The lowest BCUT2D eigenvalue weighted by molar-refractivity contribution is 0.0977. The molecule has 1 unspecified atom stereocenters. The Morgan fingerprint density at radius 3 is 2.55 bits per heavy atom. The van der Waals surface area contributed by atoms with Crippen molar-refractivity contribution in [2.24, 2.45) is 18.9 Å². The summed E-state index contributed by atoms with van der Waals surface area (Å²) in [7, 11) is -0.475. The van der Waals surface area contributed by atoms with Crippen LogP contribution in [0.3, 0.4) is 0 Å². The smallest absolute Gasteiger partial charge is 0.285 e. The number of fused-ring (bicyclic) bond motifs is 2. The van der Waals surface area contributed by atoms with Crippen molar-refractivity contribution in [3.05, 3.63) is 80.5 Å². The maximum Gasteiger partial charge on any atom is 0.285 e. The Balaban J connectivity index is 1.32. The van der Waals surface area contributed by atoms with Crippen LogP contribution >= 0.6 is 11.6 Å². The van der Waals surface area contributed by atoms with Gasteiger partial charge in [-0.25, -0.2) is 28.1 Å². The molecule has 0 bridgehead atoms. The number of aromatic nitrogens is 4. The minimum absolute atomic E-state index is 0.0339. The van der Waals surface area contributed by atoms with E-state index in [2.05, 4.69) is 20.2 Å². The van der Waals surface area contributed by atoms with Gasteiger partial charge in [-0.3, -0.25) is 14.2 Å². The number of piperidine rings is 1. The predicted octanol–water partition coefficient (Wildman–Crippen LogP) is 3.41. The summed E-state index contributed by atoms with van der Waals surface area (Å²) in [6.45, 7) is 5.32. The lowest BCUT2D eigenvalue weighted by Crippen LogP contribution is -2.32. The summed E-state index contributed by atoms with van der Waals surface area (Å²) >= 11 is 6.04. The number of sulfonamides is 1. The molecule has 1 saturated carbocycles. The number of ether oxygens (including phenoxy) is 1. The van der Waals surface area contributed by atoms with Gasteiger partial charge in [0.1, 0.15) is 5.15 Å². The Bertz CT molecular complexity index is 1970. The fourth-order valence-electron chi connectivity index (χ4n) is 6.33. The molecule has 3 aromatic heterocycles. The first kappa shape index (κ1) is 29.8. The molecule has 12 nitrogen and oxygen atoms in total. The van der Waals surface area contributed by atoms with Crippen molar-refractivity contribution >= 4 is 50.1 Å². The second kappa shape index (κ2) is 11.0. The molecule has 230 valence electrons. The number of halogens is 1. The van der Waals surface area contributed by atoms with Gasteiger partial charge in [0.05, 0.1) is 36.0 Å². The Hall–Kier alpha value is -4.23. The van der Waals surface area contributed by atoms with Crippen LogP contribution in [-0.2, 0) is 17.1 Å². The topological polar surface area (TPSA) is 148 Å². The number of pyridine rings is 2. The zero-order chi connectivity index (χ0) is 31.5. The summed E-state index contributed by atoms with van der Waals surface area (Å²) in [6.07, 6.45) is 2.66.